The molecule has 8 nitrogen and oxygen atoms in total. The lowest BCUT2D eigenvalue weighted by Crippen LogP contribution is -2.58. The lowest BCUT2D eigenvalue weighted by Gasteiger charge is -2.41. The molecule has 0 spiro atoms. The minimum absolute atomic E-state index is 0.0748. The standard InChI is InChI=1S/C25H25ClO8/c26-19-6-2-1-4-17(19)5-3-13-33-25(24(31)32)14-20(28)23(30)21(15-25)34-22(29)12-9-16-7-10-18(27)11-8-16/h1-12,20-21,23,27-28,30H,13-15H2,(H,31,32)/b5-3+,12-9+/t20-,21+,23+,25-/m0/s1. The molecule has 2 aromatic rings. The van der Waals surface area contributed by atoms with Gasteiger partial charge in [0.1, 0.15) is 18.0 Å². The highest BCUT2D eigenvalue weighted by atomic mass is 35.5. The average molecular weight is 489 g/mol. The highest BCUT2D eigenvalue weighted by Gasteiger charge is 2.52. The number of aliphatic hydroxyl groups excluding tert-OH is 2. The number of halogens is 1. The molecule has 1 saturated carbocycles. The summed E-state index contributed by atoms with van der Waals surface area (Å²) in [5.74, 6) is -2.10. The van der Waals surface area contributed by atoms with E-state index in [4.69, 9.17) is 21.1 Å². The number of phenols is 1. The number of carboxylic acid groups (broad SMARTS) is 1. The highest BCUT2D eigenvalue weighted by Crippen LogP contribution is 2.35. The van der Waals surface area contributed by atoms with Gasteiger partial charge >= 0.3 is 11.9 Å². The molecule has 0 radical (unpaired) electrons. The fourth-order valence-electron chi connectivity index (χ4n) is 3.63. The number of aliphatic carboxylic acids is 1. The number of carbonyl (C=O) groups is 2. The third kappa shape index (κ3) is 6.45. The van der Waals surface area contributed by atoms with Gasteiger partial charge in [0, 0.05) is 23.9 Å². The normalized spacial score (nSPS) is 25.0. The summed E-state index contributed by atoms with van der Waals surface area (Å²) >= 11 is 6.09. The van der Waals surface area contributed by atoms with Gasteiger partial charge < -0.3 is 29.9 Å². The van der Waals surface area contributed by atoms with Crippen molar-refractivity contribution < 1.29 is 39.5 Å². The molecule has 1 aliphatic carbocycles. The van der Waals surface area contributed by atoms with Crippen LogP contribution in [-0.2, 0) is 19.1 Å². The number of esters is 1. The summed E-state index contributed by atoms with van der Waals surface area (Å²) in [7, 11) is 0. The van der Waals surface area contributed by atoms with Gasteiger partial charge in [0.25, 0.3) is 0 Å². The van der Waals surface area contributed by atoms with E-state index < -0.39 is 35.9 Å². The molecule has 1 fully saturated rings. The largest absolute Gasteiger partial charge is 0.508 e. The maximum absolute atomic E-state index is 12.3. The Morgan fingerprint density at radius 2 is 1.76 bits per heavy atom. The number of phenolic OH excluding ortho intramolecular Hbond substituents is 1. The summed E-state index contributed by atoms with van der Waals surface area (Å²) in [5, 5.41) is 40.3. The van der Waals surface area contributed by atoms with Crippen LogP contribution in [0.15, 0.2) is 60.7 Å². The fraction of sp³-hybridized carbons (Fsp3) is 0.280. The van der Waals surface area contributed by atoms with Gasteiger partial charge in [0.2, 0.25) is 0 Å². The van der Waals surface area contributed by atoms with Crippen LogP contribution < -0.4 is 0 Å². The van der Waals surface area contributed by atoms with Gasteiger partial charge in [-0.05, 0) is 35.4 Å². The molecule has 4 atom stereocenters. The Kier molecular flexibility index (Phi) is 8.46. The zero-order valence-corrected chi connectivity index (χ0v) is 18.8. The van der Waals surface area contributed by atoms with E-state index in [9.17, 15) is 30.0 Å². The van der Waals surface area contributed by atoms with Crippen LogP contribution in [0.5, 0.6) is 5.75 Å². The van der Waals surface area contributed by atoms with Gasteiger partial charge in [0.15, 0.2) is 5.60 Å². The quantitative estimate of drug-likeness (QED) is 0.329. The second kappa shape index (κ2) is 11.3. The Hall–Kier alpha value is -3.17. The summed E-state index contributed by atoms with van der Waals surface area (Å²) in [6.45, 7) is -0.109. The van der Waals surface area contributed by atoms with Gasteiger partial charge in [-0.3, -0.25) is 0 Å². The molecule has 4 N–H and O–H groups in total. The first-order valence-corrected chi connectivity index (χ1v) is 10.9. The average Bonchev–Trinajstić information content (AvgIpc) is 2.80. The number of benzene rings is 2. The molecule has 2 aromatic carbocycles. The van der Waals surface area contributed by atoms with E-state index in [0.29, 0.717) is 10.6 Å². The van der Waals surface area contributed by atoms with Crippen LogP contribution in [0.1, 0.15) is 24.0 Å². The number of carbonyl (C=O) groups excluding carboxylic acids is 1. The third-order valence-electron chi connectivity index (χ3n) is 5.47. The summed E-state index contributed by atoms with van der Waals surface area (Å²) in [6, 6.07) is 13.2. The van der Waals surface area contributed by atoms with Crippen LogP contribution in [0.3, 0.4) is 0 Å². The first-order chi connectivity index (χ1) is 16.2. The fourth-order valence-corrected chi connectivity index (χ4v) is 3.83. The molecule has 0 saturated heterocycles. The summed E-state index contributed by atoms with van der Waals surface area (Å²) < 4.78 is 10.9. The van der Waals surface area contributed by atoms with Crippen molar-refractivity contribution in [2.45, 2.75) is 36.8 Å². The van der Waals surface area contributed by atoms with Crippen LogP contribution in [-0.4, -0.2) is 62.9 Å². The maximum atomic E-state index is 12.3. The Morgan fingerprint density at radius 1 is 1.06 bits per heavy atom. The molecular formula is C25H25ClO8. The van der Waals surface area contributed by atoms with Crippen molar-refractivity contribution in [2.75, 3.05) is 6.61 Å². The van der Waals surface area contributed by atoms with Gasteiger partial charge in [-0.25, -0.2) is 9.59 Å². The zero-order valence-electron chi connectivity index (χ0n) is 18.1. The molecule has 0 heterocycles. The number of hydrogen-bond donors (Lipinski definition) is 4. The van der Waals surface area contributed by atoms with Crippen molar-refractivity contribution in [3.8, 4) is 5.75 Å². The predicted molar refractivity (Wildman–Crippen MR) is 125 cm³/mol. The molecular weight excluding hydrogens is 464 g/mol. The van der Waals surface area contributed by atoms with Crippen molar-refractivity contribution in [3.63, 3.8) is 0 Å². The Balaban J connectivity index is 1.67. The number of rotatable bonds is 8. The van der Waals surface area contributed by atoms with Gasteiger partial charge in [0.05, 0.1) is 12.7 Å². The number of ether oxygens (including phenoxy) is 2. The molecule has 34 heavy (non-hydrogen) atoms. The monoisotopic (exact) mass is 488 g/mol. The van der Waals surface area contributed by atoms with E-state index in [-0.39, 0.29) is 25.2 Å². The molecule has 0 unspecified atom stereocenters. The van der Waals surface area contributed by atoms with Gasteiger partial charge in [-0.1, -0.05) is 54.1 Å². The molecule has 0 amide bonds. The van der Waals surface area contributed by atoms with Crippen LogP contribution in [0.2, 0.25) is 5.02 Å². The Bertz CT molecular complexity index is 1060. The van der Waals surface area contributed by atoms with Crippen LogP contribution in [0, 0.1) is 0 Å². The molecule has 180 valence electrons. The number of hydrogen-bond acceptors (Lipinski definition) is 7. The number of aromatic hydroxyl groups is 1. The van der Waals surface area contributed by atoms with E-state index in [0.717, 1.165) is 11.6 Å². The molecule has 0 bridgehead atoms. The minimum Gasteiger partial charge on any atom is -0.508 e. The maximum Gasteiger partial charge on any atom is 0.336 e. The van der Waals surface area contributed by atoms with Gasteiger partial charge in [-0.2, -0.15) is 0 Å². The minimum atomic E-state index is -1.87. The van der Waals surface area contributed by atoms with Crippen LogP contribution in [0.4, 0.5) is 0 Å². The van der Waals surface area contributed by atoms with E-state index >= 15 is 0 Å². The summed E-state index contributed by atoms with van der Waals surface area (Å²) in [5.41, 5.74) is -0.522. The van der Waals surface area contributed by atoms with Crippen molar-refractivity contribution in [1.82, 2.24) is 0 Å². The third-order valence-corrected chi connectivity index (χ3v) is 5.81. The summed E-state index contributed by atoms with van der Waals surface area (Å²) in [6.07, 6.45) is 0.841. The predicted octanol–water partition coefficient (Wildman–Crippen LogP) is 3.04. The van der Waals surface area contributed by atoms with Crippen molar-refractivity contribution in [2.24, 2.45) is 0 Å². The second-order valence-corrected chi connectivity index (χ2v) is 8.31. The van der Waals surface area contributed by atoms with Crippen molar-refractivity contribution in [3.05, 3.63) is 76.8 Å². The van der Waals surface area contributed by atoms with E-state index in [1.165, 1.54) is 18.2 Å². The van der Waals surface area contributed by atoms with E-state index in [1.54, 1.807) is 48.6 Å². The van der Waals surface area contributed by atoms with Crippen LogP contribution in [0.25, 0.3) is 12.2 Å². The molecule has 0 aromatic heterocycles. The number of carboxylic acids is 1. The Morgan fingerprint density at radius 3 is 2.44 bits per heavy atom. The van der Waals surface area contributed by atoms with E-state index in [2.05, 4.69) is 0 Å². The lowest BCUT2D eigenvalue weighted by molar-refractivity contribution is -0.204. The molecule has 0 aliphatic heterocycles. The Labute approximate surface area is 201 Å². The molecule has 9 heteroatoms. The number of aliphatic hydroxyl groups is 2. The van der Waals surface area contributed by atoms with Crippen LogP contribution >= 0.6 is 11.6 Å². The van der Waals surface area contributed by atoms with Gasteiger partial charge in [-0.15, -0.1) is 0 Å². The van der Waals surface area contributed by atoms with Crippen molar-refractivity contribution >= 4 is 35.7 Å². The first kappa shape index (κ1) is 25.5. The van der Waals surface area contributed by atoms with Crippen molar-refractivity contribution in [1.29, 1.82) is 0 Å². The SMILES string of the molecule is O=C(/C=C/c1ccc(O)cc1)O[C@@H]1C[C@](OC/C=C/c2ccccc2Cl)(C(=O)O)C[C@H](O)[C@H]1O. The topological polar surface area (TPSA) is 134 Å². The van der Waals surface area contributed by atoms with E-state index in [1.807, 2.05) is 0 Å². The molecule has 3 rings (SSSR count). The molecule has 1 aliphatic rings. The second-order valence-electron chi connectivity index (χ2n) is 7.90. The highest BCUT2D eigenvalue weighted by molar-refractivity contribution is 6.32. The lowest BCUT2D eigenvalue weighted by atomic mass is 9.79. The summed E-state index contributed by atoms with van der Waals surface area (Å²) in [4.78, 5) is 24.3. The first-order valence-electron chi connectivity index (χ1n) is 10.5. The zero-order chi connectivity index (χ0) is 24.7. The smallest absolute Gasteiger partial charge is 0.336 e.